The van der Waals surface area contributed by atoms with Crippen molar-refractivity contribution in [2.75, 3.05) is 19.8 Å². The maximum Gasteiger partial charge on any atom is 0.274 e. The first-order chi connectivity index (χ1) is 10.2. The number of nitrogens with zero attached hydrogens (tertiary/aromatic N) is 2. The molecule has 7 heteroatoms. The number of nitrogens with one attached hydrogen (secondary N) is 1. The van der Waals surface area contributed by atoms with Crippen molar-refractivity contribution in [1.29, 1.82) is 0 Å². The molecular formula is C14H16BrN3O3. The van der Waals surface area contributed by atoms with Gasteiger partial charge in [0.05, 0.1) is 13.2 Å². The number of hydrogen-bond donors (Lipinski definition) is 1. The average molecular weight is 354 g/mol. The van der Waals surface area contributed by atoms with Gasteiger partial charge in [0.1, 0.15) is 11.7 Å². The number of morpholine rings is 1. The van der Waals surface area contributed by atoms with Gasteiger partial charge in [-0.1, -0.05) is 0 Å². The van der Waals surface area contributed by atoms with E-state index in [4.69, 9.17) is 4.74 Å². The van der Waals surface area contributed by atoms with Gasteiger partial charge in [-0.25, -0.2) is 4.98 Å². The van der Waals surface area contributed by atoms with Crippen LogP contribution in [0.15, 0.2) is 22.8 Å². The normalized spacial score (nSPS) is 22.0. The van der Waals surface area contributed by atoms with E-state index in [1.54, 1.807) is 23.2 Å². The quantitative estimate of drug-likeness (QED) is 0.878. The van der Waals surface area contributed by atoms with Crippen LogP contribution in [0.5, 0.6) is 0 Å². The molecule has 0 bridgehead atoms. The molecule has 3 rings (SSSR count). The Balaban J connectivity index is 1.78. The van der Waals surface area contributed by atoms with E-state index in [-0.39, 0.29) is 24.5 Å². The number of ether oxygens (including phenoxy) is 1. The highest BCUT2D eigenvalue weighted by Gasteiger charge is 2.36. The zero-order valence-corrected chi connectivity index (χ0v) is 13.0. The molecule has 1 aromatic rings. The van der Waals surface area contributed by atoms with Crippen LogP contribution in [-0.2, 0) is 9.53 Å². The van der Waals surface area contributed by atoms with Crippen molar-refractivity contribution in [2.45, 2.75) is 24.9 Å². The van der Waals surface area contributed by atoms with Crippen molar-refractivity contribution < 1.29 is 14.3 Å². The summed E-state index contributed by atoms with van der Waals surface area (Å²) in [6.07, 6.45) is 3.59. The number of carbonyl (C=O) groups is 2. The van der Waals surface area contributed by atoms with Crippen LogP contribution in [-0.4, -0.2) is 53.5 Å². The van der Waals surface area contributed by atoms with Crippen molar-refractivity contribution in [2.24, 2.45) is 0 Å². The smallest absolute Gasteiger partial charge is 0.274 e. The molecule has 1 saturated carbocycles. The molecule has 1 atom stereocenters. The van der Waals surface area contributed by atoms with Gasteiger partial charge in [-0.3, -0.25) is 9.59 Å². The molecule has 2 fully saturated rings. The van der Waals surface area contributed by atoms with Gasteiger partial charge in [0.15, 0.2) is 0 Å². The summed E-state index contributed by atoms with van der Waals surface area (Å²) in [5.74, 6) is -0.390. The Morgan fingerprint density at radius 2 is 2.24 bits per heavy atom. The average Bonchev–Trinajstić information content (AvgIpc) is 3.31. The highest BCUT2D eigenvalue weighted by molar-refractivity contribution is 9.10. The van der Waals surface area contributed by atoms with E-state index >= 15 is 0 Å². The summed E-state index contributed by atoms with van der Waals surface area (Å²) in [4.78, 5) is 30.6. The fraction of sp³-hybridized carbons (Fsp3) is 0.500. The van der Waals surface area contributed by atoms with Crippen LogP contribution >= 0.6 is 15.9 Å². The minimum atomic E-state index is -0.583. The highest BCUT2D eigenvalue weighted by atomic mass is 79.9. The molecule has 2 amide bonds. The molecule has 1 aliphatic heterocycles. The highest BCUT2D eigenvalue weighted by Crippen LogP contribution is 2.21. The molecule has 1 aliphatic carbocycles. The summed E-state index contributed by atoms with van der Waals surface area (Å²) < 4.78 is 5.99. The lowest BCUT2D eigenvalue weighted by molar-refractivity contribution is -0.130. The van der Waals surface area contributed by atoms with Crippen molar-refractivity contribution in [3.63, 3.8) is 0 Å². The maximum atomic E-state index is 12.6. The first kappa shape index (κ1) is 14.5. The molecule has 1 aromatic heterocycles. The Labute approximate surface area is 131 Å². The van der Waals surface area contributed by atoms with Crippen LogP contribution in [0.1, 0.15) is 23.3 Å². The standard InChI is InChI=1S/C14H16BrN3O3/c15-10-2-1-5-16-12(10)14(20)18-6-7-21-8-11(18)13(19)17-9-3-4-9/h1-2,5,9,11H,3-4,6-8H2,(H,17,19). The summed E-state index contributed by atoms with van der Waals surface area (Å²) in [5.41, 5.74) is 0.323. The van der Waals surface area contributed by atoms with Crippen LogP contribution in [0.3, 0.4) is 0 Å². The van der Waals surface area contributed by atoms with Gasteiger partial charge in [0, 0.05) is 23.3 Å². The van der Waals surface area contributed by atoms with Gasteiger partial charge in [0.2, 0.25) is 5.91 Å². The lowest BCUT2D eigenvalue weighted by Gasteiger charge is -2.34. The Bertz CT molecular complexity index is 562. The van der Waals surface area contributed by atoms with Crippen LogP contribution < -0.4 is 5.32 Å². The molecule has 6 nitrogen and oxygen atoms in total. The number of amides is 2. The Morgan fingerprint density at radius 1 is 1.43 bits per heavy atom. The third-order valence-corrected chi connectivity index (χ3v) is 4.22. The third-order valence-electron chi connectivity index (χ3n) is 3.58. The number of carbonyl (C=O) groups excluding carboxylic acids is 2. The molecule has 2 aliphatic rings. The molecule has 0 radical (unpaired) electrons. The van der Waals surface area contributed by atoms with Gasteiger partial charge in [-0.15, -0.1) is 0 Å². The number of hydrogen-bond acceptors (Lipinski definition) is 4. The molecular weight excluding hydrogens is 338 g/mol. The Hall–Kier alpha value is -1.47. The summed E-state index contributed by atoms with van der Waals surface area (Å²) in [6, 6.07) is 3.19. The van der Waals surface area contributed by atoms with Crippen LogP contribution in [0.2, 0.25) is 0 Å². The second kappa shape index (κ2) is 6.11. The van der Waals surface area contributed by atoms with E-state index in [2.05, 4.69) is 26.2 Å². The Morgan fingerprint density at radius 3 is 2.95 bits per heavy atom. The zero-order chi connectivity index (χ0) is 14.8. The minimum Gasteiger partial charge on any atom is -0.377 e. The lowest BCUT2D eigenvalue weighted by Crippen LogP contribution is -2.56. The number of rotatable bonds is 3. The summed E-state index contributed by atoms with van der Waals surface area (Å²) in [6.45, 7) is 1.06. The van der Waals surface area contributed by atoms with Crippen molar-refractivity contribution >= 4 is 27.7 Å². The molecule has 0 spiro atoms. The van der Waals surface area contributed by atoms with Crippen LogP contribution in [0, 0.1) is 0 Å². The molecule has 0 aromatic carbocycles. The monoisotopic (exact) mass is 353 g/mol. The Kier molecular flexibility index (Phi) is 4.21. The van der Waals surface area contributed by atoms with Gasteiger partial charge in [-0.05, 0) is 40.9 Å². The second-order valence-electron chi connectivity index (χ2n) is 5.21. The zero-order valence-electron chi connectivity index (χ0n) is 11.4. The van der Waals surface area contributed by atoms with E-state index in [1.807, 2.05) is 0 Å². The van der Waals surface area contributed by atoms with Gasteiger partial charge < -0.3 is 15.0 Å². The summed E-state index contributed by atoms with van der Waals surface area (Å²) >= 11 is 3.33. The van der Waals surface area contributed by atoms with Gasteiger partial charge in [-0.2, -0.15) is 0 Å². The molecule has 1 N–H and O–H groups in total. The maximum absolute atomic E-state index is 12.6. The molecule has 1 saturated heterocycles. The second-order valence-corrected chi connectivity index (χ2v) is 6.06. The molecule has 1 unspecified atom stereocenters. The van der Waals surface area contributed by atoms with Crippen molar-refractivity contribution in [3.8, 4) is 0 Å². The van der Waals surface area contributed by atoms with Gasteiger partial charge in [0.25, 0.3) is 5.91 Å². The SMILES string of the molecule is O=C(NC1CC1)C1COCCN1C(=O)c1ncccc1Br. The van der Waals surface area contributed by atoms with Crippen LogP contribution in [0.4, 0.5) is 0 Å². The molecule has 21 heavy (non-hydrogen) atoms. The number of pyridine rings is 1. The predicted molar refractivity (Wildman–Crippen MR) is 78.7 cm³/mol. The van der Waals surface area contributed by atoms with Crippen molar-refractivity contribution in [1.82, 2.24) is 15.2 Å². The minimum absolute atomic E-state index is 0.141. The van der Waals surface area contributed by atoms with Crippen molar-refractivity contribution in [3.05, 3.63) is 28.5 Å². The number of halogens is 1. The fourth-order valence-corrected chi connectivity index (χ4v) is 2.69. The third kappa shape index (κ3) is 3.24. The molecule has 2 heterocycles. The largest absolute Gasteiger partial charge is 0.377 e. The predicted octanol–water partition coefficient (Wildman–Crippen LogP) is 0.964. The van der Waals surface area contributed by atoms with E-state index in [1.165, 1.54) is 0 Å². The first-order valence-corrected chi connectivity index (χ1v) is 7.75. The van der Waals surface area contributed by atoms with E-state index in [0.29, 0.717) is 23.3 Å². The van der Waals surface area contributed by atoms with Gasteiger partial charge >= 0.3 is 0 Å². The number of aromatic nitrogens is 1. The van der Waals surface area contributed by atoms with E-state index in [0.717, 1.165) is 12.8 Å². The summed E-state index contributed by atoms with van der Waals surface area (Å²) in [7, 11) is 0. The lowest BCUT2D eigenvalue weighted by atomic mass is 10.2. The van der Waals surface area contributed by atoms with Crippen LogP contribution in [0.25, 0.3) is 0 Å². The first-order valence-electron chi connectivity index (χ1n) is 6.96. The molecule has 112 valence electrons. The fourth-order valence-electron chi connectivity index (χ4n) is 2.27. The summed E-state index contributed by atoms with van der Waals surface area (Å²) in [5, 5.41) is 2.93. The van der Waals surface area contributed by atoms with E-state index < -0.39 is 6.04 Å². The van der Waals surface area contributed by atoms with E-state index in [9.17, 15) is 9.59 Å². The topological polar surface area (TPSA) is 71.5 Å².